The first-order chi connectivity index (χ1) is 14.1. The van der Waals surface area contributed by atoms with Crippen LogP contribution in [0.1, 0.15) is 22.8 Å². The number of carbonyl (C=O) groups is 1. The Hall–Kier alpha value is -3.87. The molecule has 0 fully saturated rings. The monoisotopic (exact) mass is 388 g/mol. The largest absolute Gasteiger partial charge is 0.332 e. The summed E-state index contributed by atoms with van der Waals surface area (Å²) in [5, 5.41) is 6.70. The van der Waals surface area contributed by atoms with Crippen molar-refractivity contribution < 1.29 is 13.7 Å². The average Bonchev–Trinajstić information content (AvgIpc) is 3.25. The van der Waals surface area contributed by atoms with Gasteiger partial charge in [-0.25, -0.2) is 4.39 Å². The van der Waals surface area contributed by atoms with Crippen molar-refractivity contribution in [3.05, 3.63) is 83.8 Å². The normalized spacial score (nSPS) is 10.7. The van der Waals surface area contributed by atoms with Crippen LogP contribution in [-0.4, -0.2) is 21.0 Å². The minimum Gasteiger partial charge on any atom is -0.332 e. The Morgan fingerprint density at radius 1 is 1.10 bits per heavy atom. The third kappa shape index (κ3) is 4.03. The number of anilines is 1. The molecule has 4 aromatic rings. The van der Waals surface area contributed by atoms with Crippen LogP contribution in [0.25, 0.3) is 23.0 Å². The van der Waals surface area contributed by atoms with Gasteiger partial charge in [0.25, 0.3) is 11.8 Å². The van der Waals surface area contributed by atoms with Crippen molar-refractivity contribution >= 4 is 11.6 Å². The lowest BCUT2D eigenvalue weighted by Gasteiger charge is -2.07. The van der Waals surface area contributed by atoms with E-state index in [-0.39, 0.29) is 5.56 Å². The van der Waals surface area contributed by atoms with Crippen molar-refractivity contribution in [2.75, 3.05) is 5.32 Å². The maximum atomic E-state index is 13.8. The Morgan fingerprint density at radius 3 is 2.79 bits per heavy atom. The zero-order chi connectivity index (χ0) is 20.2. The Kier molecular flexibility index (Phi) is 5.11. The second-order valence-electron chi connectivity index (χ2n) is 6.34. The third-order valence-corrected chi connectivity index (χ3v) is 4.37. The maximum Gasteiger partial charge on any atom is 0.276 e. The summed E-state index contributed by atoms with van der Waals surface area (Å²) in [5.41, 5.74) is 2.84. The molecule has 6 nitrogen and oxygen atoms in total. The summed E-state index contributed by atoms with van der Waals surface area (Å²) >= 11 is 0. The molecule has 0 saturated carbocycles. The molecule has 2 aromatic heterocycles. The van der Waals surface area contributed by atoms with Gasteiger partial charge in [-0.2, -0.15) is 4.98 Å². The van der Waals surface area contributed by atoms with Gasteiger partial charge in [-0.3, -0.25) is 9.78 Å². The molecule has 0 aliphatic rings. The summed E-state index contributed by atoms with van der Waals surface area (Å²) in [5.74, 6) is -0.429. The lowest BCUT2D eigenvalue weighted by molar-refractivity contribution is 0.102. The van der Waals surface area contributed by atoms with Gasteiger partial charge in [0, 0.05) is 17.4 Å². The summed E-state index contributed by atoms with van der Waals surface area (Å²) in [6.45, 7) is 2.06. The van der Waals surface area contributed by atoms with Gasteiger partial charge in [-0.1, -0.05) is 36.3 Å². The van der Waals surface area contributed by atoms with Crippen LogP contribution in [0.15, 0.2) is 71.4 Å². The molecule has 2 heterocycles. The fourth-order valence-electron chi connectivity index (χ4n) is 2.84. The molecule has 0 aliphatic heterocycles. The van der Waals surface area contributed by atoms with Gasteiger partial charge in [-0.05, 0) is 48.4 Å². The smallest absolute Gasteiger partial charge is 0.276 e. The van der Waals surface area contributed by atoms with Gasteiger partial charge in [-0.15, -0.1) is 0 Å². The molecule has 0 aliphatic carbocycles. The van der Waals surface area contributed by atoms with Crippen LogP contribution in [0.4, 0.5) is 10.1 Å². The molecular formula is C22H17FN4O2. The Morgan fingerprint density at radius 2 is 1.97 bits per heavy atom. The highest BCUT2D eigenvalue weighted by Gasteiger charge is 2.14. The number of benzene rings is 2. The van der Waals surface area contributed by atoms with E-state index in [1.54, 1.807) is 36.5 Å². The molecule has 144 valence electrons. The first-order valence-corrected chi connectivity index (χ1v) is 9.09. The van der Waals surface area contributed by atoms with Crippen molar-refractivity contribution in [1.82, 2.24) is 15.1 Å². The van der Waals surface area contributed by atoms with E-state index < -0.39 is 11.7 Å². The number of halogens is 1. The maximum absolute atomic E-state index is 13.8. The molecule has 7 heteroatoms. The van der Waals surface area contributed by atoms with Crippen LogP contribution in [0.3, 0.4) is 0 Å². The summed E-state index contributed by atoms with van der Waals surface area (Å²) in [6, 6.07) is 16.6. The van der Waals surface area contributed by atoms with Crippen LogP contribution in [0, 0.1) is 5.82 Å². The van der Waals surface area contributed by atoms with Crippen molar-refractivity contribution in [3.63, 3.8) is 0 Å². The highest BCUT2D eigenvalue weighted by molar-refractivity contribution is 6.04. The number of nitrogens with zero attached hydrogens (tertiary/aromatic N) is 3. The fourth-order valence-corrected chi connectivity index (χ4v) is 2.84. The van der Waals surface area contributed by atoms with Crippen molar-refractivity contribution in [2.45, 2.75) is 13.3 Å². The highest BCUT2D eigenvalue weighted by Crippen LogP contribution is 2.24. The van der Waals surface area contributed by atoms with Crippen LogP contribution < -0.4 is 5.32 Å². The van der Waals surface area contributed by atoms with E-state index in [9.17, 15) is 9.18 Å². The van der Waals surface area contributed by atoms with Crippen molar-refractivity contribution in [1.29, 1.82) is 0 Å². The molecule has 1 amide bonds. The molecule has 1 N–H and O–H groups in total. The minimum atomic E-state index is -0.578. The quantitative estimate of drug-likeness (QED) is 0.533. The molecule has 0 radical (unpaired) electrons. The van der Waals surface area contributed by atoms with Crippen molar-refractivity contribution in [2.24, 2.45) is 0 Å². The van der Waals surface area contributed by atoms with Crippen LogP contribution in [0.2, 0.25) is 0 Å². The van der Waals surface area contributed by atoms with Gasteiger partial charge < -0.3 is 9.84 Å². The standard InChI is InChI=1S/C22H17FN4O2/c1-2-14-10-11-24-19(12-14)22-26-20(27-29-22)15-6-5-7-16(13-15)25-21(28)17-8-3-4-9-18(17)23/h3-13H,2H2,1H3,(H,25,28). The average molecular weight is 388 g/mol. The van der Waals surface area contributed by atoms with Gasteiger partial charge in [0.1, 0.15) is 11.5 Å². The van der Waals surface area contributed by atoms with Crippen LogP contribution >= 0.6 is 0 Å². The number of aromatic nitrogens is 3. The molecule has 0 spiro atoms. The third-order valence-electron chi connectivity index (χ3n) is 4.37. The first kappa shape index (κ1) is 18.5. The van der Waals surface area contributed by atoms with E-state index >= 15 is 0 Å². The minimum absolute atomic E-state index is 0.0263. The van der Waals surface area contributed by atoms with E-state index in [0.717, 1.165) is 12.0 Å². The van der Waals surface area contributed by atoms with Gasteiger partial charge in [0.05, 0.1) is 5.56 Å². The van der Waals surface area contributed by atoms with E-state index in [1.165, 1.54) is 18.2 Å². The van der Waals surface area contributed by atoms with E-state index in [2.05, 4.69) is 27.4 Å². The van der Waals surface area contributed by atoms with Crippen molar-refractivity contribution in [3.8, 4) is 23.0 Å². The van der Waals surface area contributed by atoms with Gasteiger partial charge in [0.15, 0.2) is 0 Å². The predicted molar refractivity (Wildman–Crippen MR) is 107 cm³/mol. The topological polar surface area (TPSA) is 80.9 Å². The summed E-state index contributed by atoms with van der Waals surface area (Å²) in [7, 11) is 0. The zero-order valence-corrected chi connectivity index (χ0v) is 15.6. The number of pyridine rings is 1. The Bertz CT molecular complexity index is 1170. The van der Waals surface area contributed by atoms with E-state index in [0.29, 0.717) is 28.7 Å². The van der Waals surface area contributed by atoms with Crippen LogP contribution in [0.5, 0.6) is 0 Å². The summed E-state index contributed by atoms with van der Waals surface area (Å²) < 4.78 is 19.2. The zero-order valence-electron chi connectivity index (χ0n) is 15.6. The molecule has 0 bridgehead atoms. The van der Waals surface area contributed by atoms with E-state index in [4.69, 9.17) is 4.52 Å². The Balaban J connectivity index is 1.57. The SMILES string of the molecule is CCc1ccnc(-c2nc(-c3cccc(NC(=O)c4ccccc4F)c3)no2)c1. The number of rotatable bonds is 5. The summed E-state index contributed by atoms with van der Waals surface area (Å²) in [6.07, 6.45) is 2.58. The lowest BCUT2D eigenvalue weighted by atomic mass is 10.1. The number of aryl methyl sites for hydroxylation is 1. The second-order valence-corrected chi connectivity index (χ2v) is 6.34. The fraction of sp³-hybridized carbons (Fsp3) is 0.0909. The van der Waals surface area contributed by atoms with Crippen LogP contribution in [-0.2, 0) is 6.42 Å². The molecule has 0 saturated heterocycles. The number of amides is 1. The molecular weight excluding hydrogens is 371 g/mol. The highest BCUT2D eigenvalue weighted by atomic mass is 19.1. The van der Waals surface area contributed by atoms with E-state index in [1.807, 2.05) is 12.1 Å². The summed E-state index contributed by atoms with van der Waals surface area (Å²) in [4.78, 5) is 21.0. The molecule has 2 aromatic carbocycles. The number of nitrogens with one attached hydrogen (secondary N) is 1. The first-order valence-electron chi connectivity index (χ1n) is 9.09. The molecule has 0 unspecified atom stereocenters. The molecule has 4 rings (SSSR count). The van der Waals surface area contributed by atoms with Gasteiger partial charge in [0.2, 0.25) is 5.82 Å². The Labute approximate surface area is 166 Å². The number of carbonyl (C=O) groups excluding carboxylic acids is 1. The molecule has 29 heavy (non-hydrogen) atoms. The number of hydrogen-bond donors (Lipinski definition) is 1. The second kappa shape index (κ2) is 8.02. The van der Waals surface area contributed by atoms with Gasteiger partial charge >= 0.3 is 0 Å². The molecule has 0 atom stereocenters. The lowest BCUT2D eigenvalue weighted by Crippen LogP contribution is -2.13. The number of hydrogen-bond acceptors (Lipinski definition) is 5. The predicted octanol–water partition coefficient (Wildman–Crippen LogP) is 4.75.